The fraction of sp³-hybridized carbons (Fsp3) is 0.440. The Morgan fingerprint density at radius 1 is 1.09 bits per heavy atom. The van der Waals surface area contributed by atoms with Crippen molar-refractivity contribution in [1.29, 1.82) is 0 Å². The molecule has 0 aromatic heterocycles. The monoisotopic (exact) mass is 551 g/mol. The van der Waals surface area contributed by atoms with Gasteiger partial charge < -0.3 is 10.2 Å². The SMILES string of the molecule is CCNC(=O)[C@@H](C)N(Cc1cccc(Br)c1)C(=O)CN(c1ccc(C(C)(C)C)cc1)S(C)(=O)=O. The van der Waals surface area contributed by atoms with Crippen molar-refractivity contribution in [2.24, 2.45) is 0 Å². The topological polar surface area (TPSA) is 86.8 Å². The summed E-state index contributed by atoms with van der Waals surface area (Å²) in [5.74, 6) is -0.768. The second kappa shape index (κ2) is 11.4. The number of rotatable bonds is 9. The molecule has 0 saturated carbocycles. The molecule has 34 heavy (non-hydrogen) atoms. The summed E-state index contributed by atoms with van der Waals surface area (Å²) in [5.41, 5.74) is 2.18. The van der Waals surface area contributed by atoms with Crippen LogP contribution in [0.15, 0.2) is 53.0 Å². The van der Waals surface area contributed by atoms with Crippen LogP contribution in [0, 0.1) is 0 Å². The highest BCUT2D eigenvalue weighted by atomic mass is 79.9. The number of nitrogens with zero attached hydrogens (tertiary/aromatic N) is 2. The third-order valence-corrected chi connectivity index (χ3v) is 7.09. The molecular weight excluding hydrogens is 518 g/mol. The molecule has 0 aliphatic rings. The quantitative estimate of drug-likeness (QED) is 0.509. The molecule has 2 amide bonds. The largest absolute Gasteiger partial charge is 0.355 e. The van der Waals surface area contributed by atoms with Crippen LogP contribution in [-0.2, 0) is 31.6 Å². The molecule has 0 fully saturated rings. The predicted octanol–water partition coefficient (Wildman–Crippen LogP) is 4.07. The van der Waals surface area contributed by atoms with Crippen LogP contribution in [0.2, 0.25) is 0 Å². The first kappa shape index (κ1) is 27.9. The molecule has 2 rings (SSSR count). The van der Waals surface area contributed by atoms with Crippen LogP contribution in [-0.4, -0.2) is 50.5 Å². The van der Waals surface area contributed by atoms with Gasteiger partial charge in [-0.3, -0.25) is 13.9 Å². The van der Waals surface area contributed by atoms with Crippen molar-refractivity contribution >= 4 is 43.5 Å². The molecule has 1 N–H and O–H groups in total. The molecule has 0 unspecified atom stereocenters. The highest BCUT2D eigenvalue weighted by Gasteiger charge is 2.30. The number of amides is 2. The van der Waals surface area contributed by atoms with Crippen LogP contribution < -0.4 is 9.62 Å². The summed E-state index contributed by atoms with van der Waals surface area (Å²) in [6, 6.07) is 13.8. The van der Waals surface area contributed by atoms with Gasteiger partial charge in [-0.15, -0.1) is 0 Å². The number of benzene rings is 2. The lowest BCUT2D eigenvalue weighted by atomic mass is 9.87. The van der Waals surface area contributed by atoms with Crippen LogP contribution in [0.25, 0.3) is 0 Å². The van der Waals surface area contributed by atoms with Crippen molar-refractivity contribution in [3.63, 3.8) is 0 Å². The average molecular weight is 553 g/mol. The lowest BCUT2D eigenvalue weighted by Gasteiger charge is -2.31. The van der Waals surface area contributed by atoms with Crippen molar-refractivity contribution in [3.05, 3.63) is 64.1 Å². The fourth-order valence-electron chi connectivity index (χ4n) is 3.48. The molecule has 7 nitrogen and oxygen atoms in total. The standard InChI is InChI=1S/C25H34BrN3O4S/c1-7-27-24(31)18(2)28(16-19-9-8-10-21(26)15-19)23(30)17-29(34(6,32)33)22-13-11-20(12-14-22)25(3,4)5/h8-15,18H,7,16-17H2,1-6H3,(H,27,31)/t18-/m1/s1. The normalized spacial score (nSPS) is 12.7. The van der Waals surface area contributed by atoms with E-state index in [1.807, 2.05) is 36.4 Å². The van der Waals surface area contributed by atoms with Gasteiger partial charge in [-0.05, 0) is 54.7 Å². The number of carbonyl (C=O) groups excluding carboxylic acids is 2. The number of hydrogen-bond donors (Lipinski definition) is 1. The molecule has 0 aliphatic heterocycles. The minimum Gasteiger partial charge on any atom is -0.355 e. The number of hydrogen-bond acceptors (Lipinski definition) is 4. The van der Waals surface area contributed by atoms with E-state index < -0.39 is 28.5 Å². The number of likely N-dealkylation sites (N-methyl/N-ethyl adjacent to an activating group) is 1. The van der Waals surface area contributed by atoms with Crippen LogP contribution in [0.4, 0.5) is 5.69 Å². The second-order valence-electron chi connectivity index (χ2n) is 9.29. The molecule has 1 atom stereocenters. The van der Waals surface area contributed by atoms with E-state index >= 15 is 0 Å². The zero-order chi connectivity index (χ0) is 25.7. The first-order valence-electron chi connectivity index (χ1n) is 11.1. The molecule has 2 aromatic rings. The summed E-state index contributed by atoms with van der Waals surface area (Å²) in [5, 5.41) is 2.74. The van der Waals surface area contributed by atoms with Gasteiger partial charge in [0.2, 0.25) is 21.8 Å². The minimum absolute atomic E-state index is 0.0902. The van der Waals surface area contributed by atoms with E-state index in [9.17, 15) is 18.0 Å². The Bertz CT molecular complexity index is 1110. The van der Waals surface area contributed by atoms with Gasteiger partial charge in [0.25, 0.3) is 0 Å². The van der Waals surface area contributed by atoms with E-state index in [-0.39, 0.29) is 17.9 Å². The first-order chi connectivity index (χ1) is 15.7. The maximum Gasteiger partial charge on any atom is 0.244 e. The van der Waals surface area contributed by atoms with Gasteiger partial charge in [-0.25, -0.2) is 8.42 Å². The van der Waals surface area contributed by atoms with Gasteiger partial charge in [0.05, 0.1) is 11.9 Å². The third kappa shape index (κ3) is 7.56. The van der Waals surface area contributed by atoms with Crippen molar-refractivity contribution < 1.29 is 18.0 Å². The fourth-order valence-corrected chi connectivity index (χ4v) is 4.77. The Hall–Kier alpha value is -2.39. The third-order valence-electron chi connectivity index (χ3n) is 5.46. The van der Waals surface area contributed by atoms with E-state index in [4.69, 9.17) is 0 Å². The molecule has 9 heteroatoms. The zero-order valence-corrected chi connectivity index (χ0v) is 23.0. The maximum atomic E-state index is 13.5. The van der Waals surface area contributed by atoms with E-state index in [0.29, 0.717) is 12.2 Å². The summed E-state index contributed by atoms with van der Waals surface area (Å²) in [6.07, 6.45) is 1.07. The average Bonchev–Trinajstić information content (AvgIpc) is 2.74. The first-order valence-corrected chi connectivity index (χ1v) is 13.8. The molecular formula is C25H34BrN3O4S. The molecule has 2 aromatic carbocycles. The van der Waals surface area contributed by atoms with E-state index in [2.05, 4.69) is 42.0 Å². The lowest BCUT2D eigenvalue weighted by Crippen LogP contribution is -2.51. The van der Waals surface area contributed by atoms with Gasteiger partial charge in [0.15, 0.2) is 0 Å². The van der Waals surface area contributed by atoms with E-state index in [1.165, 1.54) is 4.90 Å². The zero-order valence-electron chi connectivity index (χ0n) is 20.6. The maximum absolute atomic E-state index is 13.5. The van der Waals surface area contributed by atoms with Crippen molar-refractivity contribution in [3.8, 4) is 0 Å². The number of carbonyl (C=O) groups is 2. The molecule has 0 radical (unpaired) electrons. The summed E-state index contributed by atoms with van der Waals surface area (Å²) >= 11 is 3.43. The summed E-state index contributed by atoms with van der Waals surface area (Å²) in [6.45, 7) is 9.84. The van der Waals surface area contributed by atoms with Crippen LogP contribution in [0.5, 0.6) is 0 Å². The van der Waals surface area contributed by atoms with Crippen molar-refractivity contribution in [1.82, 2.24) is 10.2 Å². The van der Waals surface area contributed by atoms with Gasteiger partial charge in [0, 0.05) is 17.6 Å². The number of anilines is 1. The van der Waals surface area contributed by atoms with Crippen molar-refractivity contribution in [2.45, 2.75) is 52.6 Å². The van der Waals surface area contributed by atoms with Crippen LogP contribution in [0.3, 0.4) is 0 Å². The second-order valence-corrected chi connectivity index (χ2v) is 12.1. The highest BCUT2D eigenvalue weighted by Crippen LogP contribution is 2.26. The lowest BCUT2D eigenvalue weighted by molar-refractivity contribution is -0.139. The van der Waals surface area contributed by atoms with E-state index in [0.717, 1.165) is 26.2 Å². The summed E-state index contributed by atoms with van der Waals surface area (Å²) in [7, 11) is -3.75. The van der Waals surface area contributed by atoms with E-state index in [1.54, 1.807) is 26.0 Å². The predicted molar refractivity (Wildman–Crippen MR) is 140 cm³/mol. The Balaban J connectivity index is 2.39. The minimum atomic E-state index is -3.75. The van der Waals surface area contributed by atoms with Gasteiger partial charge in [-0.1, -0.05) is 61.0 Å². The number of nitrogens with one attached hydrogen (secondary N) is 1. The van der Waals surface area contributed by atoms with Crippen molar-refractivity contribution in [2.75, 3.05) is 23.7 Å². The number of halogens is 1. The number of sulfonamides is 1. The molecule has 0 spiro atoms. The Morgan fingerprint density at radius 3 is 2.21 bits per heavy atom. The summed E-state index contributed by atoms with van der Waals surface area (Å²) < 4.78 is 27.2. The molecule has 0 aliphatic carbocycles. The molecule has 0 heterocycles. The Kier molecular flexibility index (Phi) is 9.30. The van der Waals surface area contributed by atoms with Gasteiger partial charge in [-0.2, -0.15) is 0 Å². The Morgan fingerprint density at radius 2 is 1.71 bits per heavy atom. The van der Waals surface area contributed by atoms with Gasteiger partial charge in [0.1, 0.15) is 12.6 Å². The highest BCUT2D eigenvalue weighted by molar-refractivity contribution is 9.10. The van der Waals surface area contributed by atoms with Crippen LogP contribution in [0.1, 0.15) is 45.7 Å². The molecule has 186 valence electrons. The molecule has 0 saturated heterocycles. The Labute approximate surface area is 211 Å². The van der Waals surface area contributed by atoms with Gasteiger partial charge >= 0.3 is 0 Å². The molecule has 0 bridgehead atoms. The van der Waals surface area contributed by atoms with Crippen LogP contribution >= 0.6 is 15.9 Å². The smallest absolute Gasteiger partial charge is 0.244 e. The summed E-state index contributed by atoms with van der Waals surface area (Å²) in [4.78, 5) is 27.5.